The van der Waals surface area contributed by atoms with E-state index in [9.17, 15) is 9.59 Å². The van der Waals surface area contributed by atoms with Gasteiger partial charge in [-0.1, -0.05) is 30.3 Å². The number of aryl methyl sites for hydroxylation is 2. The summed E-state index contributed by atoms with van der Waals surface area (Å²) in [6.45, 7) is 4.77. The van der Waals surface area contributed by atoms with Crippen LogP contribution in [0, 0.1) is 19.8 Å². The molecule has 0 bridgehead atoms. The van der Waals surface area contributed by atoms with Gasteiger partial charge < -0.3 is 9.64 Å². The summed E-state index contributed by atoms with van der Waals surface area (Å²) in [6, 6.07) is 12.3. The van der Waals surface area contributed by atoms with Crippen molar-refractivity contribution in [3.8, 4) is 0 Å². The summed E-state index contributed by atoms with van der Waals surface area (Å²) in [6.07, 6.45) is 2.93. The summed E-state index contributed by atoms with van der Waals surface area (Å²) in [7, 11) is 0. The zero-order chi connectivity index (χ0) is 21.1. The molecule has 4 rings (SSSR count). The number of aromatic nitrogens is 4. The van der Waals surface area contributed by atoms with Gasteiger partial charge in [-0.15, -0.1) is 5.10 Å². The summed E-state index contributed by atoms with van der Waals surface area (Å²) in [4.78, 5) is 34.9. The van der Waals surface area contributed by atoms with E-state index in [1.807, 2.05) is 26.0 Å². The molecule has 0 saturated carbocycles. The molecule has 0 radical (unpaired) electrons. The third-order valence-corrected chi connectivity index (χ3v) is 5.46. The van der Waals surface area contributed by atoms with E-state index in [0.29, 0.717) is 24.8 Å². The molecule has 3 aromatic rings. The van der Waals surface area contributed by atoms with Gasteiger partial charge in [0.1, 0.15) is 0 Å². The maximum atomic E-state index is 12.5. The average molecular weight is 407 g/mol. The van der Waals surface area contributed by atoms with Crippen LogP contribution in [0.2, 0.25) is 0 Å². The zero-order valence-electron chi connectivity index (χ0n) is 17.2. The van der Waals surface area contributed by atoms with Gasteiger partial charge in [-0.2, -0.15) is 4.98 Å². The Morgan fingerprint density at radius 2 is 1.83 bits per heavy atom. The van der Waals surface area contributed by atoms with Crippen LogP contribution in [0.1, 0.15) is 40.4 Å². The highest BCUT2D eigenvalue weighted by Gasteiger charge is 2.24. The summed E-state index contributed by atoms with van der Waals surface area (Å²) < 4.78 is 6.66. The fourth-order valence-electron chi connectivity index (χ4n) is 3.87. The Balaban J connectivity index is 1.28. The molecule has 0 atom stereocenters. The van der Waals surface area contributed by atoms with Gasteiger partial charge in [0.25, 0.3) is 17.5 Å². The van der Waals surface area contributed by atoms with Crippen molar-refractivity contribution in [1.29, 1.82) is 0 Å². The summed E-state index contributed by atoms with van der Waals surface area (Å²) in [5, 5.41) is 4.14. The Morgan fingerprint density at radius 1 is 1.10 bits per heavy atom. The number of benzene rings is 1. The fraction of sp³-hybridized carbons (Fsp3) is 0.409. The minimum atomic E-state index is -0.718. The standard InChI is InChI=1S/C22H25N5O3/c1-15-12-16(2)27-22(23-15)24-20(25-27)21(29)30-14-19(28)26-10-8-18(9-11-26)13-17-6-4-3-5-7-17/h3-7,12,18H,8-11,13-14H2,1-2H3. The second kappa shape index (κ2) is 8.61. The minimum absolute atomic E-state index is 0.0921. The van der Waals surface area contributed by atoms with Crippen molar-refractivity contribution >= 4 is 17.7 Å². The van der Waals surface area contributed by atoms with Crippen LogP contribution >= 0.6 is 0 Å². The number of nitrogens with zero attached hydrogens (tertiary/aromatic N) is 5. The predicted octanol–water partition coefficient (Wildman–Crippen LogP) is 2.38. The average Bonchev–Trinajstić information content (AvgIpc) is 3.17. The number of ether oxygens (including phenoxy) is 1. The first-order valence-corrected chi connectivity index (χ1v) is 10.2. The first kappa shape index (κ1) is 20.0. The van der Waals surface area contributed by atoms with Crippen LogP contribution in [0.3, 0.4) is 0 Å². The third kappa shape index (κ3) is 4.48. The van der Waals surface area contributed by atoms with E-state index >= 15 is 0 Å². The molecule has 1 aromatic carbocycles. The lowest BCUT2D eigenvalue weighted by Crippen LogP contribution is -2.41. The molecule has 30 heavy (non-hydrogen) atoms. The molecule has 3 heterocycles. The number of piperidine rings is 1. The van der Waals surface area contributed by atoms with Gasteiger partial charge in [-0.3, -0.25) is 4.79 Å². The van der Waals surface area contributed by atoms with Crippen LogP contribution < -0.4 is 0 Å². The van der Waals surface area contributed by atoms with E-state index in [4.69, 9.17) is 4.74 Å². The Labute approximate surface area is 174 Å². The van der Waals surface area contributed by atoms with Crippen LogP contribution in [0.5, 0.6) is 0 Å². The van der Waals surface area contributed by atoms with Crippen LogP contribution in [0.15, 0.2) is 36.4 Å². The predicted molar refractivity (Wildman–Crippen MR) is 110 cm³/mol. The lowest BCUT2D eigenvalue weighted by molar-refractivity contribution is -0.135. The van der Waals surface area contributed by atoms with Crippen molar-refractivity contribution in [2.45, 2.75) is 33.1 Å². The van der Waals surface area contributed by atoms with Gasteiger partial charge >= 0.3 is 5.97 Å². The quantitative estimate of drug-likeness (QED) is 0.603. The molecule has 1 aliphatic rings. The Hall–Kier alpha value is -3.29. The summed E-state index contributed by atoms with van der Waals surface area (Å²) in [5.74, 6) is -0.0857. The first-order valence-electron chi connectivity index (χ1n) is 10.2. The number of fused-ring (bicyclic) bond motifs is 1. The van der Waals surface area contributed by atoms with Gasteiger partial charge in [0.05, 0.1) is 0 Å². The molecule has 0 aliphatic carbocycles. The number of carbonyl (C=O) groups excluding carboxylic acids is 2. The number of hydrogen-bond acceptors (Lipinski definition) is 6. The van der Waals surface area contributed by atoms with Crippen LogP contribution in [0.4, 0.5) is 0 Å². The Kier molecular flexibility index (Phi) is 5.74. The number of rotatable bonds is 5. The van der Waals surface area contributed by atoms with Gasteiger partial charge in [0, 0.05) is 24.5 Å². The second-order valence-electron chi connectivity index (χ2n) is 7.78. The monoisotopic (exact) mass is 407 g/mol. The number of hydrogen-bond donors (Lipinski definition) is 0. The van der Waals surface area contributed by atoms with E-state index in [-0.39, 0.29) is 18.3 Å². The molecule has 0 spiro atoms. The maximum absolute atomic E-state index is 12.5. The van der Waals surface area contributed by atoms with Crippen molar-refractivity contribution in [3.63, 3.8) is 0 Å². The number of esters is 1. The number of amides is 1. The minimum Gasteiger partial charge on any atom is -0.450 e. The lowest BCUT2D eigenvalue weighted by Gasteiger charge is -2.32. The van der Waals surface area contributed by atoms with E-state index in [1.54, 1.807) is 4.90 Å². The maximum Gasteiger partial charge on any atom is 0.378 e. The highest BCUT2D eigenvalue weighted by atomic mass is 16.5. The molecule has 0 N–H and O–H groups in total. The normalized spacial score (nSPS) is 14.8. The zero-order valence-corrected chi connectivity index (χ0v) is 17.2. The molecule has 1 amide bonds. The first-order chi connectivity index (χ1) is 14.5. The van der Waals surface area contributed by atoms with E-state index in [0.717, 1.165) is 30.7 Å². The highest BCUT2D eigenvalue weighted by molar-refractivity contribution is 5.88. The highest BCUT2D eigenvalue weighted by Crippen LogP contribution is 2.21. The molecule has 156 valence electrons. The van der Waals surface area contributed by atoms with E-state index in [1.165, 1.54) is 10.1 Å². The largest absolute Gasteiger partial charge is 0.450 e. The van der Waals surface area contributed by atoms with Crippen LogP contribution in [-0.2, 0) is 16.0 Å². The molecule has 1 fully saturated rings. The smallest absolute Gasteiger partial charge is 0.378 e. The van der Waals surface area contributed by atoms with Gasteiger partial charge in [-0.25, -0.2) is 14.3 Å². The van der Waals surface area contributed by atoms with E-state index in [2.05, 4.69) is 39.3 Å². The van der Waals surface area contributed by atoms with Crippen molar-refractivity contribution in [1.82, 2.24) is 24.5 Å². The number of likely N-dealkylation sites (tertiary alicyclic amines) is 1. The Morgan fingerprint density at radius 3 is 2.57 bits per heavy atom. The molecule has 8 nitrogen and oxygen atoms in total. The molecule has 1 saturated heterocycles. The molecule has 0 unspecified atom stereocenters. The fourth-order valence-corrected chi connectivity index (χ4v) is 3.87. The van der Waals surface area contributed by atoms with Crippen molar-refractivity contribution in [2.75, 3.05) is 19.7 Å². The van der Waals surface area contributed by atoms with Crippen molar-refractivity contribution in [2.24, 2.45) is 5.92 Å². The molecule has 8 heteroatoms. The van der Waals surface area contributed by atoms with Crippen LogP contribution in [-0.4, -0.2) is 56.1 Å². The van der Waals surface area contributed by atoms with Gasteiger partial charge in [0.2, 0.25) is 0 Å². The van der Waals surface area contributed by atoms with Crippen molar-refractivity contribution in [3.05, 3.63) is 59.2 Å². The topological polar surface area (TPSA) is 89.7 Å². The lowest BCUT2D eigenvalue weighted by atomic mass is 9.90. The van der Waals surface area contributed by atoms with E-state index < -0.39 is 5.97 Å². The summed E-state index contributed by atoms with van der Waals surface area (Å²) in [5.41, 5.74) is 2.94. The molecule has 2 aromatic heterocycles. The van der Waals surface area contributed by atoms with Crippen LogP contribution in [0.25, 0.3) is 5.78 Å². The Bertz CT molecular complexity index is 1060. The molecular weight excluding hydrogens is 382 g/mol. The van der Waals surface area contributed by atoms with Gasteiger partial charge in [0.15, 0.2) is 6.61 Å². The molecular formula is C22H25N5O3. The number of carbonyl (C=O) groups is 2. The molecule has 1 aliphatic heterocycles. The van der Waals surface area contributed by atoms with Gasteiger partial charge in [-0.05, 0) is 50.7 Å². The second-order valence-corrected chi connectivity index (χ2v) is 7.78. The third-order valence-electron chi connectivity index (χ3n) is 5.46. The SMILES string of the molecule is Cc1cc(C)n2nc(C(=O)OCC(=O)N3CCC(Cc4ccccc4)CC3)nc2n1. The summed E-state index contributed by atoms with van der Waals surface area (Å²) >= 11 is 0. The van der Waals surface area contributed by atoms with Crippen molar-refractivity contribution < 1.29 is 14.3 Å².